The maximum Gasteiger partial charge on any atom is 0.416 e. The van der Waals surface area contributed by atoms with Gasteiger partial charge in [-0.05, 0) is 18.2 Å². The van der Waals surface area contributed by atoms with E-state index in [9.17, 15) is 13.2 Å². The molecule has 0 saturated carbocycles. The van der Waals surface area contributed by atoms with E-state index in [4.69, 9.17) is 0 Å². The maximum absolute atomic E-state index is 12.8. The third-order valence-corrected chi connectivity index (χ3v) is 5.23. The predicted molar refractivity (Wildman–Crippen MR) is 106 cm³/mol. The van der Waals surface area contributed by atoms with Crippen LogP contribution in [-0.2, 0) is 11.6 Å². The van der Waals surface area contributed by atoms with Crippen LogP contribution >= 0.6 is 11.5 Å². The quantitative estimate of drug-likeness (QED) is 0.703. The van der Waals surface area contributed by atoms with Gasteiger partial charge in [-0.2, -0.15) is 17.5 Å². The van der Waals surface area contributed by atoms with Gasteiger partial charge >= 0.3 is 6.18 Å². The molecule has 0 spiro atoms. The van der Waals surface area contributed by atoms with Gasteiger partial charge in [0.15, 0.2) is 0 Å². The molecule has 1 aromatic heterocycles. The molecule has 1 aliphatic rings. The third kappa shape index (κ3) is 5.24. The zero-order chi connectivity index (χ0) is 20.4. The number of rotatable bonds is 2. The van der Waals surface area contributed by atoms with E-state index in [1.807, 2.05) is 0 Å². The number of anilines is 1. The first-order chi connectivity index (χ1) is 13.1. The Balaban J connectivity index is 1.53. The molecule has 0 radical (unpaired) electrons. The zero-order valence-electron chi connectivity index (χ0n) is 16.2. The second kappa shape index (κ2) is 8.10. The fourth-order valence-electron chi connectivity index (χ4n) is 2.77. The Labute approximate surface area is 167 Å². The Hall–Kier alpha value is -2.11. The minimum Gasteiger partial charge on any atom is -0.344 e. The molecule has 0 atom stereocenters. The Kier molecular flexibility index (Phi) is 5.96. The molecule has 0 unspecified atom stereocenters. The molecule has 1 aliphatic heterocycles. The van der Waals surface area contributed by atoms with Gasteiger partial charge in [0.25, 0.3) is 0 Å². The second-order valence-electron chi connectivity index (χ2n) is 7.79. The SMILES string of the molecule is CC(C)(C)c1nsc(N2CCN(CC#Cc3cccc(C(F)(F)F)c3)CC2)n1. The van der Waals surface area contributed by atoms with Crippen LogP contribution in [0.4, 0.5) is 18.3 Å². The van der Waals surface area contributed by atoms with Gasteiger partial charge < -0.3 is 4.90 Å². The first kappa shape index (κ1) is 20.6. The summed E-state index contributed by atoms with van der Waals surface area (Å²) in [6.07, 6.45) is -4.34. The first-order valence-corrected chi connectivity index (χ1v) is 9.88. The van der Waals surface area contributed by atoms with Crippen LogP contribution in [0.5, 0.6) is 0 Å². The Morgan fingerprint density at radius 3 is 2.43 bits per heavy atom. The molecule has 0 aliphatic carbocycles. The molecule has 1 aromatic carbocycles. The van der Waals surface area contributed by atoms with Crippen molar-refractivity contribution >= 4 is 16.7 Å². The Morgan fingerprint density at radius 2 is 1.82 bits per heavy atom. The van der Waals surface area contributed by atoms with Gasteiger partial charge in [-0.1, -0.05) is 38.7 Å². The fraction of sp³-hybridized carbons (Fsp3) is 0.500. The van der Waals surface area contributed by atoms with Gasteiger partial charge in [-0.15, -0.1) is 0 Å². The highest BCUT2D eigenvalue weighted by Gasteiger charge is 2.30. The summed E-state index contributed by atoms with van der Waals surface area (Å²) in [5.41, 5.74) is -0.341. The number of hydrogen-bond donors (Lipinski definition) is 0. The minimum absolute atomic E-state index is 0.0599. The maximum atomic E-state index is 12.8. The van der Waals surface area contributed by atoms with E-state index in [1.165, 1.54) is 17.6 Å². The smallest absolute Gasteiger partial charge is 0.344 e. The minimum atomic E-state index is -4.34. The van der Waals surface area contributed by atoms with E-state index >= 15 is 0 Å². The van der Waals surface area contributed by atoms with Crippen LogP contribution in [0.3, 0.4) is 0 Å². The predicted octanol–water partition coefficient (Wildman–Crippen LogP) is 4.03. The Morgan fingerprint density at radius 1 is 1.11 bits per heavy atom. The summed E-state index contributed by atoms with van der Waals surface area (Å²) < 4.78 is 42.7. The monoisotopic (exact) mass is 408 g/mol. The van der Waals surface area contributed by atoms with E-state index < -0.39 is 11.7 Å². The normalized spacial score (nSPS) is 16.0. The average Bonchev–Trinajstić information content (AvgIpc) is 3.12. The number of benzene rings is 1. The lowest BCUT2D eigenvalue weighted by Gasteiger charge is -2.33. The average molecular weight is 408 g/mol. The van der Waals surface area contributed by atoms with Crippen molar-refractivity contribution in [2.24, 2.45) is 0 Å². The summed E-state index contributed by atoms with van der Waals surface area (Å²) in [5.74, 6) is 6.70. The molecule has 8 heteroatoms. The van der Waals surface area contributed by atoms with Gasteiger partial charge in [-0.3, -0.25) is 4.90 Å². The van der Waals surface area contributed by atoms with Crippen molar-refractivity contribution in [2.45, 2.75) is 32.4 Å². The van der Waals surface area contributed by atoms with Crippen LogP contribution in [0.25, 0.3) is 0 Å². The van der Waals surface area contributed by atoms with E-state index in [2.05, 4.69) is 51.8 Å². The summed E-state index contributed by atoms with van der Waals surface area (Å²) in [4.78, 5) is 9.08. The highest BCUT2D eigenvalue weighted by atomic mass is 32.1. The fourth-order valence-corrected chi connectivity index (χ4v) is 3.68. The van der Waals surface area contributed by atoms with Gasteiger partial charge in [-0.25, -0.2) is 4.98 Å². The van der Waals surface area contributed by atoms with Crippen LogP contribution in [0.1, 0.15) is 37.7 Å². The van der Waals surface area contributed by atoms with Crippen molar-refractivity contribution in [2.75, 3.05) is 37.6 Å². The van der Waals surface area contributed by atoms with Gasteiger partial charge in [0.05, 0.1) is 12.1 Å². The summed E-state index contributed by atoms with van der Waals surface area (Å²) in [7, 11) is 0. The molecule has 0 N–H and O–H groups in total. The van der Waals surface area contributed by atoms with Gasteiger partial charge in [0.1, 0.15) is 5.82 Å². The molecule has 2 heterocycles. The van der Waals surface area contributed by atoms with Crippen molar-refractivity contribution in [3.63, 3.8) is 0 Å². The summed E-state index contributed by atoms with van der Waals surface area (Å²) in [6.45, 7) is 10.2. The van der Waals surface area contributed by atoms with Crippen LogP contribution in [-0.4, -0.2) is 47.0 Å². The van der Waals surface area contributed by atoms with Crippen LogP contribution in [0, 0.1) is 11.8 Å². The van der Waals surface area contributed by atoms with E-state index in [-0.39, 0.29) is 5.41 Å². The highest BCUT2D eigenvalue weighted by Crippen LogP contribution is 2.29. The molecule has 28 heavy (non-hydrogen) atoms. The zero-order valence-corrected chi connectivity index (χ0v) is 17.0. The molecular formula is C20H23F3N4S. The van der Waals surface area contributed by atoms with Crippen molar-refractivity contribution in [3.05, 3.63) is 41.2 Å². The molecule has 0 amide bonds. The van der Waals surface area contributed by atoms with Crippen molar-refractivity contribution in [1.82, 2.24) is 14.3 Å². The summed E-state index contributed by atoms with van der Waals surface area (Å²) >= 11 is 1.43. The third-order valence-electron chi connectivity index (χ3n) is 4.45. The summed E-state index contributed by atoms with van der Waals surface area (Å²) in [6, 6.07) is 5.14. The topological polar surface area (TPSA) is 32.3 Å². The number of nitrogens with zero attached hydrogens (tertiary/aromatic N) is 4. The van der Waals surface area contributed by atoms with Gasteiger partial charge in [0, 0.05) is 48.7 Å². The Bertz CT molecular complexity index is 866. The van der Waals surface area contributed by atoms with E-state index in [1.54, 1.807) is 6.07 Å². The van der Waals surface area contributed by atoms with Crippen molar-refractivity contribution in [1.29, 1.82) is 0 Å². The molecule has 3 rings (SSSR count). The lowest BCUT2D eigenvalue weighted by molar-refractivity contribution is -0.137. The summed E-state index contributed by atoms with van der Waals surface area (Å²) in [5, 5.41) is 0.944. The number of piperazine rings is 1. The largest absolute Gasteiger partial charge is 0.416 e. The molecule has 1 saturated heterocycles. The molecule has 150 valence electrons. The van der Waals surface area contributed by atoms with E-state index in [0.29, 0.717) is 12.1 Å². The molecule has 1 fully saturated rings. The lowest BCUT2D eigenvalue weighted by Crippen LogP contribution is -2.46. The molecule has 0 bridgehead atoms. The van der Waals surface area contributed by atoms with E-state index in [0.717, 1.165) is 49.3 Å². The van der Waals surface area contributed by atoms with Crippen LogP contribution in [0.2, 0.25) is 0 Å². The van der Waals surface area contributed by atoms with Crippen molar-refractivity contribution in [3.8, 4) is 11.8 Å². The standard InChI is InChI=1S/C20H23F3N4S/c1-19(2,3)17-24-18(28-25-17)27-12-10-26(11-13-27)9-5-7-15-6-4-8-16(14-15)20(21,22)23/h4,6,8,14H,9-13H2,1-3H3. The first-order valence-electron chi connectivity index (χ1n) is 9.10. The van der Waals surface area contributed by atoms with Crippen molar-refractivity contribution < 1.29 is 13.2 Å². The second-order valence-corrected chi connectivity index (χ2v) is 8.52. The number of aromatic nitrogens is 2. The molecule has 4 nitrogen and oxygen atoms in total. The highest BCUT2D eigenvalue weighted by molar-refractivity contribution is 7.09. The number of hydrogen-bond acceptors (Lipinski definition) is 5. The number of alkyl halides is 3. The van der Waals surface area contributed by atoms with Crippen LogP contribution in [0.15, 0.2) is 24.3 Å². The number of halogens is 3. The molecular weight excluding hydrogens is 385 g/mol. The lowest BCUT2D eigenvalue weighted by atomic mass is 9.96. The molecule has 2 aromatic rings. The van der Waals surface area contributed by atoms with Crippen LogP contribution < -0.4 is 4.90 Å². The van der Waals surface area contributed by atoms with Gasteiger partial charge in [0.2, 0.25) is 5.13 Å².